The zero-order valence-electron chi connectivity index (χ0n) is 11.4. The van der Waals surface area contributed by atoms with E-state index in [0.29, 0.717) is 13.1 Å². The van der Waals surface area contributed by atoms with E-state index in [2.05, 4.69) is 5.32 Å². The first kappa shape index (κ1) is 14.5. The van der Waals surface area contributed by atoms with Gasteiger partial charge in [-0.2, -0.15) is 0 Å². The van der Waals surface area contributed by atoms with E-state index in [1.165, 1.54) is 5.56 Å². The van der Waals surface area contributed by atoms with Gasteiger partial charge in [0.15, 0.2) is 0 Å². The van der Waals surface area contributed by atoms with Gasteiger partial charge in [0.1, 0.15) is 0 Å². The van der Waals surface area contributed by atoms with Gasteiger partial charge in [0.05, 0.1) is 12.5 Å². The molecule has 0 saturated carbocycles. The molecule has 2 N–H and O–H groups in total. The summed E-state index contributed by atoms with van der Waals surface area (Å²) in [6, 6.07) is 9.99. The molecule has 1 aromatic rings. The molecule has 108 valence electrons. The molecule has 0 spiro atoms. The molecule has 20 heavy (non-hydrogen) atoms. The summed E-state index contributed by atoms with van der Waals surface area (Å²) in [5.74, 6) is -0.399. The van der Waals surface area contributed by atoms with Crippen molar-refractivity contribution in [3.63, 3.8) is 0 Å². The Morgan fingerprint density at radius 3 is 2.80 bits per heavy atom. The fraction of sp³-hybridized carbons (Fsp3) is 0.467. The van der Waals surface area contributed by atoms with Crippen LogP contribution in [0.4, 0.5) is 0 Å². The molecule has 2 amide bonds. The first-order chi connectivity index (χ1) is 9.70. The Morgan fingerprint density at radius 1 is 1.35 bits per heavy atom. The Labute approximate surface area is 118 Å². The fourth-order valence-electron chi connectivity index (χ4n) is 2.40. The molecule has 1 atom stereocenters. The number of nitrogens with one attached hydrogen (secondary N) is 1. The minimum Gasteiger partial charge on any atom is -0.395 e. The van der Waals surface area contributed by atoms with Crippen molar-refractivity contribution in [2.24, 2.45) is 5.92 Å². The lowest BCUT2D eigenvalue weighted by Gasteiger charge is -2.16. The van der Waals surface area contributed by atoms with Gasteiger partial charge in [-0.1, -0.05) is 30.3 Å². The Kier molecular flexibility index (Phi) is 5.12. The molecule has 0 aliphatic carbocycles. The summed E-state index contributed by atoms with van der Waals surface area (Å²) in [5, 5.41) is 11.3. The van der Waals surface area contributed by atoms with E-state index in [9.17, 15) is 9.59 Å². The molecule has 0 bridgehead atoms. The molecule has 1 saturated heterocycles. The summed E-state index contributed by atoms with van der Waals surface area (Å²) >= 11 is 0. The van der Waals surface area contributed by atoms with Crippen molar-refractivity contribution >= 4 is 11.8 Å². The zero-order chi connectivity index (χ0) is 14.4. The maximum atomic E-state index is 11.9. The van der Waals surface area contributed by atoms with E-state index in [-0.39, 0.29) is 37.3 Å². The molecule has 1 aliphatic heterocycles. The number of carbonyl (C=O) groups excluding carboxylic acids is 2. The van der Waals surface area contributed by atoms with Gasteiger partial charge in [-0.05, 0) is 12.0 Å². The molecule has 5 heteroatoms. The van der Waals surface area contributed by atoms with Crippen molar-refractivity contribution in [1.29, 1.82) is 0 Å². The summed E-state index contributed by atoms with van der Waals surface area (Å²) in [4.78, 5) is 25.4. The molecule has 1 aromatic carbocycles. The summed E-state index contributed by atoms with van der Waals surface area (Å²) in [5.41, 5.74) is 1.19. The average Bonchev–Trinajstić information content (AvgIpc) is 2.85. The van der Waals surface area contributed by atoms with Crippen LogP contribution in [-0.2, 0) is 16.0 Å². The van der Waals surface area contributed by atoms with Gasteiger partial charge in [-0.15, -0.1) is 0 Å². The van der Waals surface area contributed by atoms with Crippen LogP contribution in [0.3, 0.4) is 0 Å². The Balaban J connectivity index is 1.82. The third kappa shape index (κ3) is 3.81. The summed E-state index contributed by atoms with van der Waals surface area (Å²) in [7, 11) is 0. The maximum Gasteiger partial charge on any atom is 0.225 e. The van der Waals surface area contributed by atoms with E-state index in [4.69, 9.17) is 5.11 Å². The van der Waals surface area contributed by atoms with Gasteiger partial charge in [-0.25, -0.2) is 0 Å². The lowest BCUT2D eigenvalue weighted by atomic mass is 10.1. The number of aliphatic hydroxyl groups excluding tert-OH is 1. The average molecular weight is 276 g/mol. The van der Waals surface area contributed by atoms with E-state index < -0.39 is 0 Å². The molecule has 1 aliphatic rings. The number of carbonyl (C=O) groups is 2. The van der Waals surface area contributed by atoms with Crippen LogP contribution in [0.25, 0.3) is 0 Å². The number of amides is 2. The second-order valence-electron chi connectivity index (χ2n) is 4.99. The molecular formula is C15H20N2O3. The molecule has 5 nitrogen and oxygen atoms in total. The Hall–Kier alpha value is -1.88. The Bertz CT molecular complexity index is 461. The summed E-state index contributed by atoms with van der Waals surface area (Å²) < 4.78 is 0. The highest BCUT2D eigenvalue weighted by Gasteiger charge is 2.33. The van der Waals surface area contributed by atoms with Gasteiger partial charge in [0, 0.05) is 26.1 Å². The maximum absolute atomic E-state index is 11.9. The molecule has 1 fully saturated rings. The molecule has 2 rings (SSSR count). The van der Waals surface area contributed by atoms with Crippen LogP contribution < -0.4 is 5.32 Å². The minimum absolute atomic E-state index is 0.0325. The number of nitrogens with zero attached hydrogens (tertiary/aromatic N) is 1. The largest absolute Gasteiger partial charge is 0.395 e. The third-order valence-corrected chi connectivity index (χ3v) is 3.51. The number of hydrogen-bond donors (Lipinski definition) is 2. The molecule has 1 heterocycles. The Morgan fingerprint density at radius 2 is 2.10 bits per heavy atom. The van der Waals surface area contributed by atoms with Gasteiger partial charge in [-0.3, -0.25) is 9.59 Å². The number of likely N-dealkylation sites (tertiary alicyclic amines) is 1. The highest BCUT2D eigenvalue weighted by atomic mass is 16.3. The quantitative estimate of drug-likeness (QED) is 0.779. The first-order valence-electron chi connectivity index (χ1n) is 6.91. The van der Waals surface area contributed by atoms with Crippen molar-refractivity contribution in [1.82, 2.24) is 10.2 Å². The van der Waals surface area contributed by atoms with Gasteiger partial charge >= 0.3 is 0 Å². The van der Waals surface area contributed by atoms with Gasteiger partial charge < -0.3 is 15.3 Å². The lowest BCUT2D eigenvalue weighted by molar-refractivity contribution is -0.129. The first-order valence-corrected chi connectivity index (χ1v) is 6.91. The predicted molar refractivity (Wildman–Crippen MR) is 74.9 cm³/mol. The van der Waals surface area contributed by atoms with Gasteiger partial charge in [0.25, 0.3) is 0 Å². The van der Waals surface area contributed by atoms with E-state index in [1.54, 1.807) is 4.90 Å². The normalized spacial score (nSPS) is 18.4. The SMILES string of the molecule is O=C(NCCO)C1CC(=O)N(CCc2ccccc2)C1. The third-order valence-electron chi connectivity index (χ3n) is 3.51. The number of aliphatic hydroxyl groups is 1. The van der Waals surface area contributed by atoms with Crippen LogP contribution in [0.2, 0.25) is 0 Å². The van der Waals surface area contributed by atoms with Crippen LogP contribution in [0, 0.1) is 5.92 Å². The number of hydrogen-bond acceptors (Lipinski definition) is 3. The topological polar surface area (TPSA) is 69.6 Å². The van der Waals surface area contributed by atoms with Crippen molar-refractivity contribution in [3.8, 4) is 0 Å². The molecule has 0 aromatic heterocycles. The van der Waals surface area contributed by atoms with Crippen LogP contribution in [-0.4, -0.2) is 48.1 Å². The summed E-state index contributed by atoms with van der Waals surface area (Å²) in [6.07, 6.45) is 1.07. The van der Waals surface area contributed by atoms with Crippen LogP contribution in [0.5, 0.6) is 0 Å². The van der Waals surface area contributed by atoms with Crippen LogP contribution in [0.1, 0.15) is 12.0 Å². The second kappa shape index (κ2) is 7.05. The predicted octanol–water partition coefficient (Wildman–Crippen LogP) is 0.186. The highest BCUT2D eigenvalue weighted by Crippen LogP contribution is 2.18. The van der Waals surface area contributed by atoms with Crippen molar-refractivity contribution < 1.29 is 14.7 Å². The molecule has 1 unspecified atom stereocenters. The fourth-order valence-corrected chi connectivity index (χ4v) is 2.40. The van der Waals surface area contributed by atoms with Crippen LogP contribution >= 0.6 is 0 Å². The van der Waals surface area contributed by atoms with Crippen LogP contribution in [0.15, 0.2) is 30.3 Å². The van der Waals surface area contributed by atoms with Crippen molar-refractivity contribution in [2.45, 2.75) is 12.8 Å². The van der Waals surface area contributed by atoms with E-state index in [0.717, 1.165) is 6.42 Å². The van der Waals surface area contributed by atoms with Crippen molar-refractivity contribution in [3.05, 3.63) is 35.9 Å². The van der Waals surface area contributed by atoms with Crippen molar-refractivity contribution in [2.75, 3.05) is 26.2 Å². The zero-order valence-corrected chi connectivity index (χ0v) is 11.4. The second-order valence-corrected chi connectivity index (χ2v) is 4.99. The number of benzene rings is 1. The standard InChI is InChI=1S/C15H20N2O3/c18-9-7-16-15(20)13-10-14(19)17(11-13)8-6-12-4-2-1-3-5-12/h1-5,13,18H,6-11H2,(H,16,20). The summed E-state index contributed by atoms with van der Waals surface area (Å²) in [6.45, 7) is 1.28. The highest BCUT2D eigenvalue weighted by molar-refractivity contribution is 5.89. The van der Waals surface area contributed by atoms with E-state index >= 15 is 0 Å². The monoisotopic (exact) mass is 276 g/mol. The lowest BCUT2D eigenvalue weighted by Crippen LogP contribution is -2.34. The minimum atomic E-state index is -0.287. The molecular weight excluding hydrogens is 256 g/mol. The number of rotatable bonds is 6. The van der Waals surface area contributed by atoms with E-state index in [1.807, 2.05) is 30.3 Å². The smallest absolute Gasteiger partial charge is 0.225 e. The molecule has 0 radical (unpaired) electrons. The van der Waals surface area contributed by atoms with Gasteiger partial charge in [0.2, 0.25) is 11.8 Å².